The molecule has 3 aromatic rings. The maximum atomic E-state index is 13.8. The van der Waals surface area contributed by atoms with Gasteiger partial charge < -0.3 is 10.2 Å². The van der Waals surface area contributed by atoms with Crippen molar-refractivity contribution in [3.63, 3.8) is 0 Å². The van der Waals surface area contributed by atoms with Gasteiger partial charge in [0.25, 0.3) is 5.91 Å². The van der Waals surface area contributed by atoms with Crippen LogP contribution in [0.5, 0.6) is 0 Å². The van der Waals surface area contributed by atoms with E-state index in [1.165, 1.54) is 10.9 Å². The Morgan fingerprint density at radius 1 is 1.18 bits per heavy atom. The van der Waals surface area contributed by atoms with Crippen LogP contribution in [0.15, 0.2) is 42.7 Å². The third-order valence-corrected chi connectivity index (χ3v) is 6.16. The van der Waals surface area contributed by atoms with Gasteiger partial charge in [-0.3, -0.25) is 4.79 Å². The summed E-state index contributed by atoms with van der Waals surface area (Å²) in [4.78, 5) is 21.0. The summed E-state index contributed by atoms with van der Waals surface area (Å²) in [6.07, 6.45) is -0.145. The molecule has 4 rings (SSSR count). The van der Waals surface area contributed by atoms with Gasteiger partial charge in [-0.05, 0) is 56.9 Å². The molecule has 1 aliphatic rings. The molecule has 0 radical (unpaired) electrons. The second-order valence-electron chi connectivity index (χ2n) is 8.79. The molecular weight excluding hydrogens is 445 g/mol. The third-order valence-electron chi connectivity index (χ3n) is 6.16. The van der Waals surface area contributed by atoms with E-state index in [2.05, 4.69) is 27.4 Å². The van der Waals surface area contributed by atoms with E-state index < -0.39 is 11.7 Å². The summed E-state index contributed by atoms with van der Waals surface area (Å²) < 4.78 is 38.5. The Kier molecular flexibility index (Phi) is 6.58. The second-order valence-corrected chi connectivity index (χ2v) is 8.79. The molecule has 1 fully saturated rings. The number of hydrogen-bond donors (Lipinski definition) is 1. The summed E-state index contributed by atoms with van der Waals surface area (Å²) in [7, 11) is 0. The van der Waals surface area contributed by atoms with Crippen LogP contribution >= 0.6 is 0 Å². The lowest BCUT2D eigenvalue weighted by Crippen LogP contribution is -2.51. The lowest BCUT2D eigenvalue weighted by Gasteiger charge is -2.40. The van der Waals surface area contributed by atoms with Crippen LogP contribution in [0.4, 0.5) is 19.0 Å². The molecule has 0 spiro atoms. The first-order chi connectivity index (χ1) is 16.1. The van der Waals surface area contributed by atoms with Gasteiger partial charge in [0.15, 0.2) is 0 Å². The number of likely N-dealkylation sites (tertiary alicyclic amines) is 1. The SMILES string of the molecule is Cc1ccc(-n2ncc(C)n2)c(C(=O)N2CCC[C@@H](C)C2CNc2ccc(C(F)(F)F)cn2)c1. The number of nitrogens with zero attached hydrogens (tertiary/aromatic N) is 5. The molecule has 0 bridgehead atoms. The fourth-order valence-electron chi connectivity index (χ4n) is 4.29. The number of rotatable bonds is 5. The van der Waals surface area contributed by atoms with Crippen LogP contribution in [-0.2, 0) is 6.18 Å². The van der Waals surface area contributed by atoms with Crippen LogP contribution in [0, 0.1) is 19.8 Å². The molecular formula is C24H27F3N6O. The molecule has 34 heavy (non-hydrogen) atoms. The molecule has 1 aromatic carbocycles. The first-order valence-electron chi connectivity index (χ1n) is 11.2. The van der Waals surface area contributed by atoms with Crippen molar-refractivity contribution in [2.45, 2.75) is 45.8 Å². The monoisotopic (exact) mass is 472 g/mol. The van der Waals surface area contributed by atoms with Crippen molar-refractivity contribution in [1.29, 1.82) is 0 Å². The second kappa shape index (κ2) is 9.44. The topological polar surface area (TPSA) is 75.9 Å². The van der Waals surface area contributed by atoms with Crippen molar-refractivity contribution in [1.82, 2.24) is 24.9 Å². The van der Waals surface area contributed by atoms with E-state index in [1.54, 1.807) is 6.20 Å². The summed E-state index contributed by atoms with van der Waals surface area (Å²) in [5.41, 5.74) is 2.03. The Morgan fingerprint density at radius 3 is 2.62 bits per heavy atom. The highest BCUT2D eigenvalue weighted by Crippen LogP contribution is 2.30. The molecule has 10 heteroatoms. The Labute approximate surface area is 196 Å². The lowest BCUT2D eigenvalue weighted by atomic mass is 9.89. The van der Waals surface area contributed by atoms with Gasteiger partial charge in [-0.15, -0.1) is 0 Å². The number of amides is 1. The Morgan fingerprint density at radius 2 is 1.97 bits per heavy atom. The van der Waals surface area contributed by atoms with Crippen molar-refractivity contribution in [3.05, 3.63) is 65.1 Å². The van der Waals surface area contributed by atoms with Crippen LogP contribution < -0.4 is 5.32 Å². The van der Waals surface area contributed by atoms with Crippen molar-refractivity contribution in [3.8, 4) is 5.69 Å². The highest BCUT2D eigenvalue weighted by atomic mass is 19.4. The van der Waals surface area contributed by atoms with Gasteiger partial charge in [0.1, 0.15) is 5.82 Å². The first-order valence-corrected chi connectivity index (χ1v) is 11.2. The molecule has 1 aliphatic heterocycles. The number of nitrogens with one attached hydrogen (secondary N) is 1. The molecule has 2 aromatic heterocycles. The van der Waals surface area contributed by atoms with Gasteiger partial charge in [-0.25, -0.2) is 4.98 Å². The third kappa shape index (κ3) is 5.05. The highest BCUT2D eigenvalue weighted by molar-refractivity contribution is 5.98. The molecule has 3 heterocycles. The van der Waals surface area contributed by atoms with E-state index in [-0.39, 0.29) is 17.9 Å². The summed E-state index contributed by atoms with van der Waals surface area (Å²) in [6.45, 7) is 6.82. The lowest BCUT2D eigenvalue weighted by molar-refractivity contribution is -0.137. The van der Waals surface area contributed by atoms with Crippen LogP contribution in [0.3, 0.4) is 0 Å². The quantitative estimate of drug-likeness (QED) is 0.585. The van der Waals surface area contributed by atoms with Crippen LogP contribution in [0.2, 0.25) is 0 Å². The van der Waals surface area contributed by atoms with E-state index in [9.17, 15) is 18.0 Å². The zero-order valence-corrected chi connectivity index (χ0v) is 19.3. The largest absolute Gasteiger partial charge is 0.417 e. The summed E-state index contributed by atoms with van der Waals surface area (Å²) in [6, 6.07) is 7.77. The number of hydrogen-bond acceptors (Lipinski definition) is 5. The van der Waals surface area contributed by atoms with Gasteiger partial charge in [0.05, 0.1) is 34.7 Å². The number of piperidine rings is 1. The Hall–Kier alpha value is -3.43. The summed E-state index contributed by atoms with van der Waals surface area (Å²) >= 11 is 0. The number of pyridine rings is 1. The fraction of sp³-hybridized carbons (Fsp3) is 0.417. The molecule has 7 nitrogen and oxygen atoms in total. The number of carbonyl (C=O) groups excluding carboxylic acids is 1. The van der Waals surface area contributed by atoms with Crippen LogP contribution in [0.25, 0.3) is 5.69 Å². The molecule has 2 atom stereocenters. The van der Waals surface area contributed by atoms with E-state index in [4.69, 9.17) is 0 Å². The average Bonchev–Trinajstić information content (AvgIpc) is 3.23. The maximum absolute atomic E-state index is 13.8. The number of benzene rings is 1. The van der Waals surface area contributed by atoms with Gasteiger partial charge >= 0.3 is 6.18 Å². The van der Waals surface area contributed by atoms with Crippen molar-refractivity contribution < 1.29 is 18.0 Å². The van der Waals surface area contributed by atoms with Gasteiger partial charge in [0, 0.05) is 19.3 Å². The molecule has 1 saturated heterocycles. The highest BCUT2D eigenvalue weighted by Gasteiger charge is 2.34. The minimum atomic E-state index is -4.43. The van der Waals surface area contributed by atoms with E-state index in [1.807, 2.05) is 36.9 Å². The minimum absolute atomic E-state index is 0.118. The molecule has 0 saturated carbocycles. The zero-order chi connectivity index (χ0) is 24.5. The smallest absolute Gasteiger partial charge is 0.368 e. The number of aromatic nitrogens is 4. The summed E-state index contributed by atoms with van der Waals surface area (Å²) in [5.74, 6) is 0.427. The Bertz CT molecular complexity index is 1160. The van der Waals surface area contributed by atoms with Crippen molar-refractivity contribution in [2.75, 3.05) is 18.4 Å². The number of alkyl halides is 3. The molecule has 1 amide bonds. The van der Waals surface area contributed by atoms with E-state index in [0.29, 0.717) is 30.2 Å². The minimum Gasteiger partial charge on any atom is -0.368 e. The predicted octanol–water partition coefficient (Wildman–Crippen LogP) is 4.65. The fourth-order valence-corrected chi connectivity index (χ4v) is 4.29. The normalized spacial score (nSPS) is 18.7. The standard InChI is InChI=1S/C24H27F3N6O/c1-15-6-8-20(33-30-12-17(3)31-33)19(11-15)23(34)32-10-4-5-16(2)21(32)14-29-22-9-7-18(13-28-22)24(25,26)27/h6-9,11-13,16,21H,4-5,10,14H2,1-3H3,(H,28,29)/t16-,21?/m1/s1. The number of halogens is 3. The molecule has 180 valence electrons. The van der Waals surface area contributed by atoms with E-state index >= 15 is 0 Å². The number of anilines is 1. The van der Waals surface area contributed by atoms with Crippen LogP contribution in [0.1, 0.15) is 46.9 Å². The van der Waals surface area contributed by atoms with Gasteiger partial charge in [0.2, 0.25) is 0 Å². The average molecular weight is 473 g/mol. The number of carbonyl (C=O) groups is 1. The maximum Gasteiger partial charge on any atom is 0.417 e. The van der Waals surface area contributed by atoms with E-state index in [0.717, 1.165) is 36.4 Å². The van der Waals surface area contributed by atoms with Crippen molar-refractivity contribution >= 4 is 11.7 Å². The summed E-state index contributed by atoms with van der Waals surface area (Å²) in [5, 5.41) is 11.8. The Balaban J connectivity index is 1.57. The molecule has 1 unspecified atom stereocenters. The molecule has 1 N–H and O–H groups in total. The zero-order valence-electron chi connectivity index (χ0n) is 19.3. The van der Waals surface area contributed by atoms with Gasteiger partial charge in [-0.1, -0.05) is 18.6 Å². The predicted molar refractivity (Wildman–Crippen MR) is 122 cm³/mol. The number of aryl methyl sites for hydroxylation is 2. The van der Waals surface area contributed by atoms with Gasteiger partial charge in [-0.2, -0.15) is 28.2 Å². The van der Waals surface area contributed by atoms with Crippen molar-refractivity contribution in [2.24, 2.45) is 5.92 Å². The van der Waals surface area contributed by atoms with Crippen LogP contribution in [-0.4, -0.2) is 49.9 Å². The molecule has 0 aliphatic carbocycles. The first kappa shape index (κ1) is 23.7.